The van der Waals surface area contributed by atoms with Crippen LogP contribution in [0, 0.1) is 5.82 Å². The zero-order chi connectivity index (χ0) is 25.9. The Morgan fingerprint density at radius 3 is 2.61 bits per heavy atom. The zero-order valence-corrected chi connectivity index (χ0v) is 21.6. The number of aromatic nitrogens is 3. The molecule has 1 unspecified atom stereocenters. The van der Waals surface area contributed by atoms with E-state index in [0.717, 1.165) is 54.0 Å². The molecule has 0 spiro atoms. The van der Waals surface area contributed by atoms with E-state index in [1.807, 2.05) is 54.6 Å². The fraction of sp³-hybridized carbons (Fsp3) is 0.226. The molecule has 2 aromatic heterocycles. The van der Waals surface area contributed by atoms with Crippen LogP contribution in [0.2, 0.25) is 5.02 Å². The van der Waals surface area contributed by atoms with Crippen LogP contribution in [0.5, 0.6) is 5.88 Å². The largest absolute Gasteiger partial charge is 0.473 e. The fourth-order valence-corrected chi connectivity index (χ4v) is 5.02. The van der Waals surface area contributed by atoms with Crippen LogP contribution in [0.3, 0.4) is 0 Å². The van der Waals surface area contributed by atoms with E-state index in [9.17, 15) is 0 Å². The first-order valence-corrected chi connectivity index (χ1v) is 13.2. The van der Waals surface area contributed by atoms with E-state index in [4.69, 9.17) is 26.1 Å². The van der Waals surface area contributed by atoms with Gasteiger partial charge in [0.15, 0.2) is 0 Å². The van der Waals surface area contributed by atoms with Gasteiger partial charge in [-0.2, -0.15) is 0 Å². The van der Waals surface area contributed by atoms with E-state index in [1.165, 1.54) is 0 Å². The monoisotopic (exact) mass is 527 g/mol. The van der Waals surface area contributed by atoms with Gasteiger partial charge in [-0.15, -0.1) is 0 Å². The summed E-state index contributed by atoms with van der Waals surface area (Å²) in [6.45, 7) is 1.91. The molecule has 1 aliphatic heterocycles. The number of imidazole rings is 1. The third-order valence-corrected chi connectivity index (χ3v) is 7.09. The predicted octanol–water partition coefficient (Wildman–Crippen LogP) is 7.24. The molecule has 0 saturated carbocycles. The molecule has 1 saturated heterocycles. The second-order valence-electron chi connectivity index (χ2n) is 9.53. The molecule has 0 amide bonds. The lowest BCUT2D eigenvalue weighted by Crippen LogP contribution is -2.17. The Kier molecular flexibility index (Phi) is 7.08. The summed E-state index contributed by atoms with van der Waals surface area (Å²) >= 11 is 5.95. The van der Waals surface area contributed by atoms with Crippen molar-refractivity contribution in [2.24, 2.45) is 0 Å². The lowest BCUT2D eigenvalue weighted by molar-refractivity contribution is 0.0973. The van der Waals surface area contributed by atoms with Crippen LogP contribution in [0.1, 0.15) is 29.8 Å². The summed E-state index contributed by atoms with van der Waals surface area (Å²) < 4.78 is 29.3. The first-order chi connectivity index (χ1) is 18.6. The molecule has 1 atom stereocenters. The summed E-state index contributed by atoms with van der Waals surface area (Å²) in [6, 6.07) is 26.2. The van der Waals surface area contributed by atoms with Gasteiger partial charge in [0.2, 0.25) is 5.88 Å². The Morgan fingerprint density at radius 1 is 0.947 bits per heavy atom. The third kappa shape index (κ3) is 5.42. The minimum absolute atomic E-state index is 0.186. The second kappa shape index (κ2) is 10.9. The van der Waals surface area contributed by atoms with Gasteiger partial charge in [0.25, 0.3) is 0 Å². The molecule has 0 radical (unpaired) electrons. The van der Waals surface area contributed by atoms with Crippen molar-refractivity contribution in [2.45, 2.75) is 38.5 Å². The van der Waals surface area contributed by atoms with Gasteiger partial charge in [-0.05, 0) is 66.4 Å². The van der Waals surface area contributed by atoms with Gasteiger partial charge in [0.05, 0.1) is 29.4 Å². The molecule has 1 fully saturated rings. The van der Waals surface area contributed by atoms with Crippen molar-refractivity contribution in [3.63, 3.8) is 0 Å². The summed E-state index contributed by atoms with van der Waals surface area (Å²) in [5.41, 5.74) is 4.80. The molecule has 192 valence electrons. The van der Waals surface area contributed by atoms with Gasteiger partial charge >= 0.3 is 0 Å². The Labute approximate surface area is 225 Å². The summed E-state index contributed by atoms with van der Waals surface area (Å²) in [7, 11) is 0. The molecule has 3 heterocycles. The Morgan fingerprint density at radius 2 is 1.79 bits per heavy atom. The zero-order valence-electron chi connectivity index (χ0n) is 20.8. The van der Waals surface area contributed by atoms with Crippen LogP contribution in [0.15, 0.2) is 84.9 Å². The summed E-state index contributed by atoms with van der Waals surface area (Å²) in [4.78, 5) is 9.40. The first kappa shape index (κ1) is 24.6. The number of fused-ring (bicyclic) bond motifs is 1. The van der Waals surface area contributed by atoms with Crippen molar-refractivity contribution in [3.05, 3.63) is 113 Å². The quantitative estimate of drug-likeness (QED) is 0.213. The standard InChI is InChI=1S/C31H27ClFN3O2/c32-23-13-10-21(11-14-23)20-38-31-9-3-7-27(35-31)25-15-12-22(17-26(25)33)18-30-34-28-6-1-2-8-29(28)36(30)19-24-5-4-16-37-24/h1-3,6-15,17,24H,4-5,16,18-20H2. The molecule has 0 N–H and O–H groups in total. The van der Waals surface area contributed by atoms with Gasteiger partial charge in [-0.1, -0.05) is 48.0 Å². The maximum Gasteiger partial charge on any atom is 0.214 e. The number of hydrogen-bond donors (Lipinski definition) is 0. The Balaban J connectivity index is 1.21. The van der Waals surface area contributed by atoms with Gasteiger partial charge < -0.3 is 14.0 Å². The molecule has 0 bridgehead atoms. The van der Waals surface area contributed by atoms with Crippen LogP contribution in [-0.4, -0.2) is 27.2 Å². The number of rotatable bonds is 8. The highest BCUT2D eigenvalue weighted by Gasteiger charge is 2.20. The summed E-state index contributed by atoms with van der Waals surface area (Å²) in [6.07, 6.45) is 2.84. The Hall–Kier alpha value is -3.74. The third-order valence-electron chi connectivity index (χ3n) is 6.84. The molecular formula is C31H27ClFN3O2. The smallest absolute Gasteiger partial charge is 0.214 e. The van der Waals surface area contributed by atoms with Gasteiger partial charge in [0.1, 0.15) is 18.2 Å². The summed E-state index contributed by atoms with van der Waals surface area (Å²) in [5, 5.41) is 0.674. The van der Waals surface area contributed by atoms with Crippen LogP contribution in [0.4, 0.5) is 4.39 Å². The van der Waals surface area contributed by atoms with Crippen molar-refractivity contribution in [1.82, 2.24) is 14.5 Å². The SMILES string of the molecule is Fc1cc(Cc2nc3ccccc3n2CC2CCCO2)ccc1-c1cccc(OCc2ccc(Cl)cc2)n1. The number of ether oxygens (including phenoxy) is 2. The van der Waals surface area contributed by atoms with Crippen molar-refractivity contribution in [3.8, 4) is 17.1 Å². The van der Waals surface area contributed by atoms with Crippen LogP contribution >= 0.6 is 11.6 Å². The van der Waals surface area contributed by atoms with Gasteiger partial charge in [-0.3, -0.25) is 0 Å². The predicted molar refractivity (Wildman–Crippen MR) is 147 cm³/mol. The lowest BCUT2D eigenvalue weighted by atomic mass is 10.1. The highest BCUT2D eigenvalue weighted by Crippen LogP contribution is 2.27. The van der Waals surface area contributed by atoms with Crippen molar-refractivity contribution in [2.75, 3.05) is 6.61 Å². The van der Waals surface area contributed by atoms with Gasteiger partial charge in [-0.25, -0.2) is 14.4 Å². The molecule has 5 nitrogen and oxygen atoms in total. The number of nitrogens with zero attached hydrogens (tertiary/aromatic N) is 3. The molecule has 6 rings (SSSR count). The Bertz CT molecular complexity index is 1560. The van der Waals surface area contributed by atoms with E-state index in [0.29, 0.717) is 35.2 Å². The number of benzene rings is 3. The molecule has 3 aromatic carbocycles. The molecule has 0 aliphatic carbocycles. The van der Waals surface area contributed by atoms with E-state index in [2.05, 4.69) is 15.6 Å². The normalized spacial score (nSPS) is 15.3. The number of hydrogen-bond acceptors (Lipinski definition) is 4. The molecule has 5 aromatic rings. The average molecular weight is 528 g/mol. The molecular weight excluding hydrogens is 501 g/mol. The van der Waals surface area contributed by atoms with E-state index >= 15 is 4.39 Å². The highest BCUT2D eigenvalue weighted by atomic mass is 35.5. The van der Waals surface area contributed by atoms with Crippen molar-refractivity contribution < 1.29 is 13.9 Å². The lowest BCUT2D eigenvalue weighted by Gasteiger charge is -2.14. The maximum absolute atomic E-state index is 15.4. The van der Waals surface area contributed by atoms with Crippen LogP contribution < -0.4 is 4.74 Å². The second-order valence-corrected chi connectivity index (χ2v) is 9.97. The highest BCUT2D eigenvalue weighted by molar-refractivity contribution is 6.30. The molecule has 38 heavy (non-hydrogen) atoms. The van der Waals surface area contributed by atoms with Gasteiger partial charge in [0, 0.05) is 29.7 Å². The first-order valence-electron chi connectivity index (χ1n) is 12.8. The number of para-hydroxylation sites is 2. The van der Waals surface area contributed by atoms with E-state index < -0.39 is 0 Å². The van der Waals surface area contributed by atoms with E-state index in [1.54, 1.807) is 24.3 Å². The van der Waals surface area contributed by atoms with E-state index in [-0.39, 0.29) is 11.9 Å². The molecule has 1 aliphatic rings. The maximum atomic E-state index is 15.4. The van der Waals surface area contributed by atoms with Crippen LogP contribution in [0.25, 0.3) is 22.3 Å². The van der Waals surface area contributed by atoms with Crippen molar-refractivity contribution >= 4 is 22.6 Å². The number of pyridine rings is 1. The molecule has 7 heteroatoms. The number of halogens is 2. The average Bonchev–Trinajstić information content (AvgIpc) is 3.57. The van der Waals surface area contributed by atoms with Crippen LogP contribution in [-0.2, 0) is 24.3 Å². The minimum atomic E-state index is -0.327. The summed E-state index contributed by atoms with van der Waals surface area (Å²) in [5.74, 6) is 1.01. The topological polar surface area (TPSA) is 49.2 Å². The fourth-order valence-electron chi connectivity index (χ4n) is 4.90. The minimum Gasteiger partial charge on any atom is -0.473 e. The van der Waals surface area contributed by atoms with Crippen molar-refractivity contribution in [1.29, 1.82) is 0 Å².